The second-order valence-corrected chi connectivity index (χ2v) is 5.05. The van der Waals surface area contributed by atoms with Crippen LogP contribution in [0.5, 0.6) is 0 Å². The fourth-order valence-electron chi connectivity index (χ4n) is 2.06. The van der Waals surface area contributed by atoms with Crippen molar-refractivity contribution in [2.24, 2.45) is 5.73 Å². The lowest BCUT2D eigenvalue weighted by Crippen LogP contribution is -2.02. The van der Waals surface area contributed by atoms with Gasteiger partial charge in [0.2, 0.25) is 0 Å². The van der Waals surface area contributed by atoms with Gasteiger partial charge < -0.3 is 5.73 Å². The highest BCUT2D eigenvalue weighted by Gasteiger charge is 2.09. The van der Waals surface area contributed by atoms with Crippen molar-refractivity contribution in [2.45, 2.75) is 33.1 Å². The summed E-state index contributed by atoms with van der Waals surface area (Å²) in [4.78, 5) is 0. The molecule has 0 atom stereocenters. The highest BCUT2D eigenvalue weighted by molar-refractivity contribution is 5.64. The number of nitrogens with two attached hydrogens (primary N) is 1. The van der Waals surface area contributed by atoms with Gasteiger partial charge in [-0.2, -0.15) is 5.10 Å². The van der Waals surface area contributed by atoms with Crippen LogP contribution in [-0.4, -0.2) is 16.7 Å². The maximum Gasteiger partial charge on any atom is 0.0926 e. The number of nitrogens with one attached hydrogen (secondary N) is 1. The Balaban J connectivity index is 2.38. The van der Waals surface area contributed by atoms with Crippen molar-refractivity contribution in [1.82, 2.24) is 10.2 Å². The average Bonchev–Trinajstić information content (AvgIpc) is 2.78. The van der Waals surface area contributed by atoms with E-state index in [4.69, 9.17) is 5.73 Å². The number of hydrogen-bond donors (Lipinski definition) is 2. The van der Waals surface area contributed by atoms with Crippen molar-refractivity contribution in [3.8, 4) is 11.3 Å². The Kier molecular flexibility index (Phi) is 3.82. The summed E-state index contributed by atoms with van der Waals surface area (Å²) in [5.41, 5.74) is 11.5. The number of hydrogen-bond acceptors (Lipinski definition) is 2. The van der Waals surface area contributed by atoms with Crippen LogP contribution in [0, 0.1) is 6.92 Å². The van der Waals surface area contributed by atoms with E-state index in [0.29, 0.717) is 12.5 Å². The molecule has 0 aliphatic heterocycles. The molecule has 2 aromatic rings. The lowest BCUT2D eigenvalue weighted by atomic mass is 9.96. The van der Waals surface area contributed by atoms with Crippen LogP contribution in [0.4, 0.5) is 0 Å². The maximum absolute atomic E-state index is 5.55. The van der Waals surface area contributed by atoms with Gasteiger partial charge in [-0.15, -0.1) is 0 Å². The summed E-state index contributed by atoms with van der Waals surface area (Å²) in [5.74, 6) is 0.534. The fourth-order valence-corrected chi connectivity index (χ4v) is 2.06. The van der Waals surface area contributed by atoms with Crippen LogP contribution in [0.1, 0.15) is 36.6 Å². The fraction of sp³-hybridized carbons (Fsp3) is 0.400. The van der Waals surface area contributed by atoms with Crippen molar-refractivity contribution < 1.29 is 0 Å². The molecule has 1 heterocycles. The Bertz CT molecular complexity index is 526. The second-order valence-electron chi connectivity index (χ2n) is 5.05. The number of H-pyrrole nitrogens is 1. The lowest BCUT2D eigenvalue weighted by molar-refractivity contribution is 0.866. The molecule has 0 saturated carbocycles. The van der Waals surface area contributed by atoms with E-state index >= 15 is 0 Å². The van der Waals surface area contributed by atoms with Gasteiger partial charge in [-0.3, -0.25) is 5.10 Å². The van der Waals surface area contributed by atoms with Crippen LogP contribution in [0.2, 0.25) is 0 Å². The minimum Gasteiger partial charge on any atom is -0.330 e. The van der Waals surface area contributed by atoms with Crippen molar-refractivity contribution in [2.75, 3.05) is 6.54 Å². The van der Waals surface area contributed by atoms with Gasteiger partial charge in [0.25, 0.3) is 0 Å². The standard InChI is InChI=1S/C15H21N3/c1-10(2)12-5-4-11(3)14(8-12)15-9-13(6-7-16)17-18-15/h4-5,8-10H,6-7,16H2,1-3H3,(H,17,18). The van der Waals surface area contributed by atoms with Gasteiger partial charge in [-0.1, -0.05) is 26.0 Å². The van der Waals surface area contributed by atoms with E-state index in [1.165, 1.54) is 16.7 Å². The molecular formula is C15H21N3. The molecule has 0 spiro atoms. The minimum atomic E-state index is 0.534. The van der Waals surface area contributed by atoms with Crippen molar-refractivity contribution in [3.05, 3.63) is 41.1 Å². The first-order valence-corrected chi connectivity index (χ1v) is 6.47. The van der Waals surface area contributed by atoms with E-state index in [0.717, 1.165) is 17.8 Å². The minimum absolute atomic E-state index is 0.534. The summed E-state index contributed by atoms with van der Waals surface area (Å²) < 4.78 is 0. The van der Waals surface area contributed by atoms with Crippen LogP contribution in [0.25, 0.3) is 11.3 Å². The van der Waals surface area contributed by atoms with Crippen LogP contribution in [0.15, 0.2) is 24.3 Å². The van der Waals surface area contributed by atoms with Gasteiger partial charge in [0.05, 0.1) is 5.69 Å². The number of benzene rings is 1. The molecule has 3 heteroatoms. The van der Waals surface area contributed by atoms with Crippen molar-refractivity contribution in [3.63, 3.8) is 0 Å². The summed E-state index contributed by atoms with van der Waals surface area (Å²) in [5, 5.41) is 7.44. The predicted octanol–water partition coefficient (Wildman–Crippen LogP) is 3.01. The predicted molar refractivity (Wildman–Crippen MR) is 75.6 cm³/mol. The monoisotopic (exact) mass is 243 g/mol. The number of aromatic amines is 1. The largest absolute Gasteiger partial charge is 0.330 e. The molecule has 0 radical (unpaired) electrons. The van der Waals surface area contributed by atoms with Crippen LogP contribution in [-0.2, 0) is 6.42 Å². The van der Waals surface area contributed by atoms with Crippen molar-refractivity contribution in [1.29, 1.82) is 0 Å². The van der Waals surface area contributed by atoms with Gasteiger partial charge in [0, 0.05) is 17.7 Å². The molecule has 2 rings (SSSR count). The molecule has 0 fully saturated rings. The summed E-state index contributed by atoms with van der Waals surface area (Å²) in [6, 6.07) is 8.70. The Morgan fingerprint density at radius 2 is 2.06 bits per heavy atom. The van der Waals surface area contributed by atoms with Gasteiger partial charge in [0.15, 0.2) is 0 Å². The Morgan fingerprint density at radius 3 is 2.72 bits per heavy atom. The molecule has 0 aliphatic carbocycles. The zero-order valence-electron chi connectivity index (χ0n) is 11.3. The van der Waals surface area contributed by atoms with E-state index in [9.17, 15) is 0 Å². The molecule has 0 unspecified atom stereocenters. The SMILES string of the molecule is Cc1ccc(C(C)C)cc1-c1cc(CCN)[nH]n1. The third-order valence-electron chi connectivity index (χ3n) is 3.25. The molecule has 96 valence electrons. The second kappa shape index (κ2) is 5.36. The maximum atomic E-state index is 5.55. The van der Waals surface area contributed by atoms with E-state index in [-0.39, 0.29) is 0 Å². The summed E-state index contributed by atoms with van der Waals surface area (Å²) in [7, 11) is 0. The number of aryl methyl sites for hydroxylation is 1. The normalized spacial score (nSPS) is 11.2. The van der Waals surface area contributed by atoms with Gasteiger partial charge in [0.1, 0.15) is 0 Å². The first-order valence-electron chi connectivity index (χ1n) is 6.47. The van der Waals surface area contributed by atoms with Crippen LogP contribution in [0.3, 0.4) is 0 Å². The quantitative estimate of drug-likeness (QED) is 0.867. The molecular weight excluding hydrogens is 222 g/mol. The average molecular weight is 243 g/mol. The highest BCUT2D eigenvalue weighted by Crippen LogP contribution is 2.26. The smallest absolute Gasteiger partial charge is 0.0926 e. The molecule has 3 N–H and O–H groups in total. The third kappa shape index (κ3) is 2.62. The van der Waals surface area contributed by atoms with Crippen molar-refractivity contribution >= 4 is 0 Å². The zero-order valence-corrected chi connectivity index (χ0v) is 11.3. The molecule has 1 aromatic carbocycles. The number of rotatable bonds is 4. The first kappa shape index (κ1) is 12.8. The highest BCUT2D eigenvalue weighted by atomic mass is 15.1. The molecule has 0 aliphatic rings. The summed E-state index contributed by atoms with van der Waals surface area (Å²) >= 11 is 0. The zero-order chi connectivity index (χ0) is 13.1. The van der Waals surface area contributed by atoms with Gasteiger partial charge in [-0.05, 0) is 42.6 Å². The van der Waals surface area contributed by atoms with E-state index < -0.39 is 0 Å². The Labute approximate surface area is 108 Å². The van der Waals surface area contributed by atoms with E-state index in [1.807, 2.05) is 0 Å². The van der Waals surface area contributed by atoms with E-state index in [2.05, 4.69) is 55.2 Å². The van der Waals surface area contributed by atoms with Crippen LogP contribution >= 0.6 is 0 Å². The summed E-state index contributed by atoms with van der Waals surface area (Å²) in [6.45, 7) is 7.18. The van der Waals surface area contributed by atoms with Gasteiger partial charge >= 0.3 is 0 Å². The summed E-state index contributed by atoms with van der Waals surface area (Å²) in [6.07, 6.45) is 0.843. The topological polar surface area (TPSA) is 54.7 Å². The molecule has 18 heavy (non-hydrogen) atoms. The van der Waals surface area contributed by atoms with Gasteiger partial charge in [-0.25, -0.2) is 0 Å². The molecule has 0 saturated heterocycles. The first-order chi connectivity index (χ1) is 8.61. The number of aromatic nitrogens is 2. The Morgan fingerprint density at radius 1 is 1.28 bits per heavy atom. The number of nitrogens with zero attached hydrogens (tertiary/aromatic N) is 1. The molecule has 0 amide bonds. The Hall–Kier alpha value is -1.61. The lowest BCUT2D eigenvalue weighted by Gasteiger charge is -2.09. The van der Waals surface area contributed by atoms with E-state index in [1.54, 1.807) is 0 Å². The molecule has 3 nitrogen and oxygen atoms in total. The van der Waals surface area contributed by atoms with Crippen LogP contribution < -0.4 is 5.73 Å². The molecule has 1 aromatic heterocycles. The molecule has 0 bridgehead atoms. The third-order valence-corrected chi connectivity index (χ3v) is 3.25.